The van der Waals surface area contributed by atoms with Gasteiger partial charge >= 0.3 is 0 Å². The van der Waals surface area contributed by atoms with Crippen molar-refractivity contribution >= 4 is 21.6 Å². The number of carbonyl (C=O) groups excluding carboxylic acids is 1. The van der Waals surface area contributed by atoms with Gasteiger partial charge in [-0.2, -0.15) is 9.41 Å². The Kier molecular flexibility index (Phi) is 6.49. The predicted molar refractivity (Wildman–Crippen MR) is 115 cm³/mol. The highest BCUT2D eigenvalue weighted by atomic mass is 32.2. The first kappa shape index (κ1) is 21.2. The molecule has 1 heterocycles. The van der Waals surface area contributed by atoms with Crippen LogP contribution in [0.5, 0.6) is 0 Å². The molecular formula is C22H27N3O3S. The molecule has 29 heavy (non-hydrogen) atoms. The maximum atomic E-state index is 12.8. The number of rotatable bonds is 5. The van der Waals surface area contributed by atoms with Gasteiger partial charge in [0.25, 0.3) is 5.91 Å². The number of hydrogen-bond acceptors (Lipinski definition) is 4. The predicted octanol–water partition coefficient (Wildman–Crippen LogP) is 3.63. The first-order valence-electron chi connectivity index (χ1n) is 9.81. The van der Waals surface area contributed by atoms with Crippen LogP contribution in [0.4, 0.5) is 0 Å². The third-order valence-corrected chi connectivity index (χ3v) is 7.19. The second kappa shape index (κ2) is 8.88. The van der Waals surface area contributed by atoms with Crippen LogP contribution in [0.1, 0.15) is 53.2 Å². The molecule has 154 valence electrons. The quantitative estimate of drug-likeness (QED) is 0.600. The lowest BCUT2D eigenvalue weighted by atomic mass is 10.0. The molecule has 1 aliphatic heterocycles. The molecule has 2 aromatic carbocycles. The van der Waals surface area contributed by atoms with E-state index in [-0.39, 0.29) is 10.5 Å². The minimum atomic E-state index is -3.58. The van der Waals surface area contributed by atoms with Crippen molar-refractivity contribution in [2.24, 2.45) is 5.10 Å². The SMILES string of the molecule is C/C(=N/NC(=O)c1cccc(S(=O)(=O)N2CCCCC2)c1)c1ccc(C)c(C)c1. The molecule has 3 rings (SSSR count). The van der Waals surface area contributed by atoms with Crippen molar-refractivity contribution in [3.8, 4) is 0 Å². The van der Waals surface area contributed by atoms with E-state index in [4.69, 9.17) is 0 Å². The van der Waals surface area contributed by atoms with Gasteiger partial charge in [-0.1, -0.05) is 24.6 Å². The first-order chi connectivity index (χ1) is 13.8. The molecule has 0 saturated carbocycles. The number of carbonyl (C=O) groups is 1. The van der Waals surface area contributed by atoms with Crippen LogP contribution < -0.4 is 5.43 Å². The van der Waals surface area contributed by atoms with Crippen LogP contribution in [0.25, 0.3) is 0 Å². The highest BCUT2D eigenvalue weighted by molar-refractivity contribution is 7.89. The standard InChI is InChI=1S/C22H27N3O3S/c1-16-10-11-19(14-17(16)2)18(3)23-24-22(26)20-8-7-9-21(15-20)29(27,28)25-12-5-4-6-13-25/h7-11,14-15H,4-6,12-13H2,1-3H3,(H,24,26)/b23-18-. The average molecular weight is 414 g/mol. The summed E-state index contributed by atoms with van der Waals surface area (Å²) in [4.78, 5) is 12.7. The molecular weight excluding hydrogens is 386 g/mol. The maximum absolute atomic E-state index is 12.8. The molecule has 0 aromatic heterocycles. The van der Waals surface area contributed by atoms with Crippen molar-refractivity contribution in [3.05, 3.63) is 64.7 Å². The number of hydrazone groups is 1. The van der Waals surface area contributed by atoms with E-state index in [2.05, 4.69) is 10.5 Å². The average Bonchev–Trinajstić information content (AvgIpc) is 2.74. The minimum absolute atomic E-state index is 0.141. The van der Waals surface area contributed by atoms with Gasteiger partial charge in [0.05, 0.1) is 10.6 Å². The molecule has 0 radical (unpaired) electrons. The maximum Gasteiger partial charge on any atom is 0.271 e. The fourth-order valence-electron chi connectivity index (χ4n) is 3.28. The van der Waals surface area contributed by atoms with E-state index in [9.17, 15) is 13.2 Å². The third kappa shape index (κ3) is 4.92. The number of amides is 1. The molecule has 2 aromatic rings. The van der Waals surface area contributed by atoms with Crippen LogP contribution in [0.2, 0.25) is 0 Å². The molecule has 0 unspecified atom stereocenters. The number of piperidine rings is 1. The second-order valence-electron chi connectivity index (χ2n) is 7.43. The fraction of sp³-hybridized carbons (Fsp3) is 0.364. The molecule has 6 nitrogen and oxygen atoms in total. The normalized spacial score (nSPS) is 15.9. The smallest absolute Gasteiger partial charge is 0.267 e. The molecule has 1 saturated heterocycles. The van der Waals surface area contributed by atoms with E-state index in [1.54, 1.807) is 12.1 Å². The van der Waals surface area contributed by atoms with Gasteiger partial charge in [-0.25, -0.2) is 13.8 Å². The molecule has 1 N–H and O–H groups in total. The first-order valence-corrected chi connectivity index (χ1v) is 11.3. The number of benzene rings is 2. The van der Waals surface area contributed by atoms with Gasteiger partial charge in [-0.3, -0.25) is 4.79 Å². The summed E-state index contributed by atoms with van der Waals surface area (Å²) >= 11 is 0. The summed E-state index contributed by atoms with van der Waals surface area (Å²) in [6.45, 7) is 6.94. The zero-order valence-corrected chi connectivity index (χ0v) is 17.9. The minimum Gasteiger partial charge on any atom is -0.267 e. The summed E-state index contributed by atoms with van der Waals surface area (Å²) in [5.74, 6) is -0.441. The van der Waals surface area contributed by atoms with Crippen molar-refractivity contribution in [1.29, 1.82) is 0 Å². The molecule has 0 spiro atoms. The van der Waals surface area contributed by atoms with E-state index in [0.717, 1.165) is 30.4 Å². The van der Waals surface area contributed by atoms with E-state index in [0.29, 0.717) is 18.8 Å². The monoisotopic (exact) mass is 413 g/mol. The fourth-order valence-corrected chi connectivity index (χ4v) is 4.85. The van der Waals surface area contributed by atoms with Crippen molar-refractivity contribution in [3.63, 3.8) is 0 Å². The van der Waals surface area contributed by atoms with Crippen molar-refractivity contribution < 1.29 is 13.2 Å². The van der Waals surface area contributed by atoms with Crippen LogP contribution in [0.15, 0.2) is 52.5 Å². The van der Waals surface area contributed by atoms with Crippen LogP contribution >= 0.6 is 0 Å². The lowest BCUT2D eigenvalue weighted by molar-refractivity contribution is 0.0954. The Morgan fingerprint density at radius 1 is 0.966 bits per heavy atom. The molecule has 1 amide bonds. The summed E-state index contributed by atoms with van der Waals surface area (Å²) in [6.07, 6.45) is 2.78. The second-order valence-corrected chi connectivity index (χ2v) is 9.37. The summed E-state index contributed by atoms with van der Waals surface area (Å²) in [6, 6.07) is 12.1. The largest absolute Gasteiger partial charge is 0.271 e. The Morgan fingerprint density at radius 3 is 2.38 bits per heavy atom. The van der Waals surface area contributed by atoms with Crippen LogP contribution in [-0.4, -0.2) is 37.4 Å². The molecule has 0 bridgehead atoms. The van der Waals surface area contributed by atoms with E-state index < -0.39 is 15.9 Å². The van der Waals surface area contributed by atoms with Crippen LogP contribution in [-0.2, 0) is 10.0 Å². The van der Waals surface area contributed by atoms with Gasteiger partial charge in [-0.15, -0.1) is 0 Å². The highest BCUT2D eigenvalue weighted by Crippen LogP contribution is 2.21. The molecule has 1 fully saturated rings. The van der Waals surface area contributed by atoms with Gasteiger partial charge in [0.1, 0.15) is 0 Å². The number of hydrogen-bond donors (Lipinski definition) is 1. The number of nitrogens with one attached hydrogen (secondary N) is 1. The zero-order valence-electron chi connectivity index (χ0n) is 17.1. The van der Waals surface area contributed by atoms with Crippen LogP contribution in [0, 0.1) is 13.8 Å². The Hall–Kier alpha value is -2.51. The van der Waals surface area contributed by atoms with Gasteiger partial charge in [0.15, 0.2) is 0 Å². The van der Waals surface area contributed by atoms with E-state index in [1.807, 2.05) is 39.0 Å². The summed E-state index contributed by atoms with van der Waals surface area (Å²) in [7, 11) is -3.58. The molecule has 1 aliphatic rings. The number of nitrogens with zero attached hydrogens (tertiary/aromatic N) is 2. The number of aryl methyl sites for hydroxylation is 2. The van der Waals surface area contributed by atoms with Crippen molar-refractivity contribution in [2.75, 3.05) is 13.1 Å². The Labute approximate surface area is 172 Å². The van der Waals surface area contributed by atoms with E-state index in [1.165, 1.54) is 22.0 Å². The Balaban J connectivity index is 1.76. The Bertz CT molecular complexity index is 1040. The van der Waals surface area contributed by atoms with Gasteiger partial charge in [0.2, 0.25) is 10.0 Å². The molecule has 0 atom stereocenters. The summed E-state index contributed by atoms with van der Waals surface area (Å²) in [5, 5.41) is 4.18. The topological polar surface area (TPSA) is 78.8 Å². The third-order valence-electron chi connectivity index (χ3n) is 5.30. The molecule has 7 heteroatoms. The van der Waals surface area contributed by atoms with Crippen molar-refractivity contribution in [1.82, 2.24) is 9.73 Å². The lowest BCUT2D eigenvalue weighted by Crippen LogP contribution is -2.35. The number of sulfonamides is 1. The van der Waals surface area contributed by atoms with Gasteiger partial charge < -0.3 is 0 Å². The lowest BCUT2D eigenvalue weighted by Gasteiger charge is -2.25. The van der Waals surface area contributed by atoms with Crippen molar-refractivity contribution in [2.45, 2.75) is 44.9 Å². The van der Waals surface area contributed by atoms with E-state index >= 15 is 0 Å². The summed E-state index contributed by atoms with van der Waals surface area (Å²) in [5.41, 5.74) is 6.74. The summed E-state index contributed by atoms with van der Waals surface area (Å²) < 4.78 is 27.2. The Morgan fingerprint density at radius 2 is 1.69 bits per heavy atom. The molecule has 0 aliphatic carbocycles. The van der Waals surface area contributed by atoms with Gasteiger partial charge in [0, 0.05) is 18.7 Å². The van der Waals surface area contributed by atoms with Crippen LogP contribution in [0.3, 0.4) is 0 Å². The van der Waals surface area contributed by atoms with Gasteiger partial charge in [-0.05, 0) is 74.6 Å². The highest BCUT2D eigenvalue weighted by Gasteiger charge is 2.26. The zero-order chi connectivity index (χ0) is 21.0.